The molecule has 2 aromatic heterocycles. The largest absolute Gasteiger partial charge is 0.364 e. The number of aryl methyl sites for hydroxylation is 1. The zero-order chi connectivity index (χ0) is 18.2. The van der Waals surface area contributed by atoms with Crippen molar-refractivity contribution in [3.8, 4) is 0 Å². The molecule has 0 bridgehead atoms. The van der Waals surface area contributed by atoms with Crippen LogP contribution in [-0.4, -0.2) is 74.9 Å². The van der Waals surface area contributed by atoms with Crippen molar-refractivity contribution in [1.29, 1.82) is 0 Å². The van der Waals surface area contributed by atoms with Crippen LogP contribution in [0.25, 0.3) is 0 Å². The van der Waals surface area contributed by atoms with Crippen molar-refractivity contribution < 1.29 is 4.52 Å². The molecule has 3 rings (SSSR count). The van der Waals surface area contributed by atoms with E-state index in [0.29, 0.717) is 6.54 Å². The first-order valence-electron chi connectivity index (χ1n) is 9.31. The van der Waals surface area contributed by atoms with Crippen LogP contribution >= 0.6 is 24.0 Å². The molecule has 9 nitrogen and oxygen atoms in total. The first kappa shape index (κ1) is 21.6. The number of nitrogens with zero attached hydrogens (tertiary/aromatic N) is 7. The summed E-state index contributed by atoms with van der Waals surface area (Å²) in [7, 11) is 0. The number of hydrogen-bond acceptors (Lipinski definition) is 6. The summed E-state index contributed by atoms with van der Waals surface area (Å²) >= 11 is 0. The van der Waals surface area contributed by atoms with Crippen molar-refractivity contribution >= 4 is 29.9 Å². The number of hydrogen-bond donors (Lipinski definition) is 1. The maximum absolute atomic E-state index is 4.91. The van der Waals surface area contributed by atoms with E-state index in [4.69, 9.17) is 9.52 Å². The summed E-state index contributed by atoms with van der Waals surface area (Å²) in [6.45, 7) is 11.3. The number of halogens is 1. The molecule has 1 saturated heterocycles. The maximum atomic E-state index is 4.91. The van der Waals surface area contributed by atoms with Crippen molar-refractivity contribution in [3.05, 3.63) is 30.2 Å². The van der Waals surface area contributed by atoms with E-state index in [1.165, 1.54) is 0 Å². The third-order valence-electron chi connectivity index (χ3n) is 4.50. The first-order valence-corrected chi connectivity index (χ1v) is 9.31. The normalized spacial score (nSPS) is 15.6. The fourth-order valence-corrected chi connectivity index (χ4v) is 3.09. The fourth-order valence-electron chi connectivity index (χ4n) is 3.09. The highest BCUT2D eigenvalue weighted by molar-refractivity contribution is 14.0. The Morgan fingerprint density at radius 1 is 1.26 bits per heavy atom. The van der Waals surface area contributed by atoms with Crippen LogP contribution in [-0.2, 0) is 19.5 Å². The Kier molecular flexibility index (Phi) is 8.98. The second kappa shape index (κ2) is 11.2. The summed E-state index contributed by atoms with van der Waals surface area (Å²) in [4.78, 5) is 9.52. The number of nitrogens with one attached hydrogen (secondary N) is 1. The van der Waals surface area contributed by atoms with E-state index in [1.807, 2.05) is 6.07 Å². The summed E-state index contributed by atoms with van der Waals surface area (Å²) in [6.07, 6.45) is 4.29. The Hall–Kier alpha value is -1.69. The fraction of sp³-hybridized carbons (Fsp3) is 0.647. The Morgan fingerprint density at radius 2 is 2.07 bits per heavy atom. The predicted molar refractivity (Wildman–Crippen MR) is 114 cm³/mol. The zero-order valence-electron chi connectivity index (χ0n) is 16.0. The molecule has 27 heavy (non-hydrogen) atoms. The molecule has 0 amide bonds. The molecule has 1 N–H and O–H groups in total. The summed E-state index contributed by atoms with van der Waals surface area (Å²) in [5.41, 5.74) is 0.986. The molecule has 0 spiro atoms. The topological polar surface area (TPSA) is 87.6 Å². The molecule has 150 valence electrons. The van der Waals surface area contributed by atoms with Gasteiger partial charge in [-0.15, -0.1) is 34.2 Å². The predicted octanol–water partition coefficient (Wildman–Crippen LogP) is 1.23. The number of guanidine groups is 1. The Labute approximate surface area is 177 Å². The molecule has 1 fully saturated rings. The maximum Gasteiger partial charge on any atom is 0.194 e. The van der Waals surface area contributed by atoms with E-state index in [-0.39, 0.29) is 24.0 Å². The van der Waals surface area contributed by atoms with Gasteiger partial charge in [-0.1, -0.05) is 12.1 Å². The van der Waals surface area contributed by atoms with E-state index >= 15 is 0 Å². The SMILES string of the molecule is CCNC(=NCCn1cnnc1CC)N1CCN(Cc2ccon2)CC1.I. The van der Waals surface area contributed by atoms with Crippen LogP contribution < -0.4 is 5.32 Å². The van der Waals surface area contributed by atoms with Crippen molar-refractivity contribution in [1.82, 2.24) is 35.0 Å². The van der Waals surface area contributed by atoms with Crippen molar-refractivity contribution in [3.63, 3.8) is 0 Å². The molecular formula is C17H29IN8O. The van der Waals surface area contributed by atoms with E-state index in [1.54, 1.807) is 12.6 Å². The van der Waals surface area contributed by atoms with Crippen LogP contribution in [0.15, 0.2) is 28.2 Å². The second-order valence-electron chi connectivity index (χ2n) is 6.28. The summed E-state index contributed by atoms with van der Waals surface area (Å²) < 4.78 is 6.98. The summed E-state index contributed by atoms with van der Waals surface area (Å²) in [6, 6.07) is 1.92. The average Bonchev–Trinajstić information content (AvgIpc) is 3.33. The standard InChI is InChI=1S/C17H28N8O.HI/c1-3-16-21-20-14-25(16)7-6-19-17(18-4-2)24-10-8-23(9-11-24)13-15-5-12-26-22-15;/h5,12,14H,3-4,6-11,13H2,1-2H3,(H,18,19);1H. The van der Waals surface area contributed by atoms with Gasteiger partial charge in [0.2, 0.25) is 0 Å². The minimum Gasteiger partial charge on any atom is -0.364 e. The Balaban J connectivity index is 0.00000261. The number of rotatable bonds is 7. The monoisotopic (exact) mass is 488 g/mol. The zero-order valence-corrected chi connectivity index (χ0v) is 18.4. The van der Waals surface area contributed by atoms with Crippen molar-refractivity contribution in [2.24, 2.45) is 4.99 Å². The Morgan fingerprint density at radius 3 is 2.74 bits per heavy atom. The molecule has 2 aromatic rings. The first-order chi connectivity index (χ1) is 12.8. The van der Waals surface area contributed by atoms with Gasteiger partial charge in [0, 0.05) is 58.3 Å². The highest BCUT2D eigenvalue weighted by atomic mass is 127. The molecule has 1 aliphatic rings. The minimum absolute atomic E-state index is 0. The quantitative estimate of drug-likeness (QED) is 0.357. The minimum atomic E-state index is 0. The molecule has 0 radical (unpaired) electrons. The lowest BCUT2D eigenvalue weighted by atomic mass is 10.3. The van der Waals surface area contributed by atoms with E-state index in [0.717, 1.165) is 69.7 Å². The van der Waals surface area contributed by atoms with Crippen molar-refractivity contribution in [2.45, 2.75) is 33.4 Å². The lowest BCUT2D eigenvalue weighted by molar-refractivity contribution is 0.169. The molecule has 10 heteroatoms. The molecule has 3 heterocycles. The average molecular weight is 488 g/mol. The van der Waals surface area contributed by atoms with E-state index in [2.05, 4.69) is 48.9 Å². The molecule has 0 atom stereocenters. The van der Waals surface area contributed by atoms with E-state index < -0.39 is 0 Å². The van der Waals surface area contributed by atoms with Crippen LogP contribution in [0.5, 0.6) is 0 Å². The van der Waals surface area contributed by atoms with Crippen molar-refractivity contribution in [2.75, 3.05) is 39.3 Å². The molecule has 0 unspecified atom stereocenters. The van der Waals surface area contributed by atoms with Crippen LogP contribution in [0.3, 0.4) is 0 Å². The number of piperazine rings is 1. The van der Waals surface area contributed by atoms with Crippen LogP contribution in [0.4, 0.5) is 0 Å². The van der Waals surface area contributed by atoms with Gasteiger partial charge in [0.25, 0.3) is 0 Å². The van der Waals surface area contributed by atoms with Gasteiger partial charge in [-0.2, -0.15) is 0 Å². The van der Waals surface area contributed by atoms with Gasteiger partial charge in [-0.05, 0) is 6.92 Å². The van der Waals surface area contributed by atoms with Gasteiger partial charge in [0.05, 0.1) is 12.2 Å². The number of aromatic nitrogens is 4. The van der Waals surface area contributed by atoms with Gasteiger partial charge >= 0.3 is 0 Å². The second-order valence-corrected chi connectivity index (χ2v) is 6.28. The van der Waals surface area contributed by atoms with Crippen LogP contribution in [0, 0.1) is 0 Å². The smallest absolute Gasteiger partial charge is 0.194 e. The molecule has 0 aliphatic carbocycles. The van der Waals surface area contributed by atoms with Crippen LogP contribution in [0.1, 0.15) is 25.4 Å². The lowest BCUT2D eigenvalue weighted by Crippen LogP contribution is -2.52. The highest BCUT2D eigenvalue weighted by Gasteiger charge is 2.20. The third-order valence-corrected chi connectivity index (χ3v) is 4.50. The summed E-state index contributed by atoms with van der Waals surface area (Å²) in [5.74, 6) is 1.99. The Bertz CT molecular complexity index is 679. The molecular weight excluding hydrogens is 459 g/mol. The van der Waals surface area contributed by atoms with Gasteiger partial charge in [-0.25, -0.2) is 0 Å². The molecule has 0 aromatic carbocycles. The molecule has 1 aliphatic heterocycles. The lowest BCUT2D eigenvalue weighted by Gasteiger charge is -2.36. The third kappa shape index (κ3) is 6.16. The van der Waals surface area contributed by atoms with Gasteiger partial charge in [-0.3, -0.25) is 9.89 Å². The van der Waals surface area contributed by atoms with Crippen LogP contribution in [0.2, 0.25) is 0 Å². The van der Waals surface area contributed by atoms with Gasteiger partial charge in [0.1, 0.15) is 18.4 Å². The number of aliphatic imine (C=N–C) groups is 1. The highest BCUT2D eigenvalue weighted by Crippen LogP contribution is 2.07. The summed E-state index contributed by atoms with van der Waals surface area (Å²) in [5, 5.41) is 15.5. The van der Waals surface area contributed by atoms with Gasteiger partial charge in [0.15, 0.2) is 5.96 Å². The van der Waals surface area contributed by atoms with Gasteiger partial charge < -0.3 is 19.3 Å². The van der Waals surface area contributed by atoms with E-state index in [9.17, 15) is 0 Å². The molecule has 0 saturated carbocycles.